The third-order valence-electron chi connectivity index (χ3n) is 3.85. The lowest BCUT2D eigenvalue weighted by atomic mass is 9.81. The van der Waals surface area contributed by atoms with Gasteiger partial charge in [-0.2, -0.15) is 0 Å². The normalized spacial score (nSPS) is 24.9. The van der Waals surface area contributed by atoms with Crippen LogP contribution >= 0.6 is 11.6 Å². The molecule has 0 unspecified atom stereocenters. The smallest absolute Gasteiger partial charge is 0.126 e. The maximum absolute atomic E-state index is 13.6. The molecule has 1 aliphatic rings. The second-order valence-electron chi connectivity index (χ2n) is 4.96. The van der Waals surface area contributed by atoms with Crippen molar-refractivity contribution in [3.63, 3.8) is 0 Å². The number of hydrogen-bond donors (Lipinski definition) is 1. The maximum Gasteiger partial charge on any atom is 0.126 e. The van der Waals surface area contributed by atoms with Crippen LogP contribution in [0.5, 0.6) is 0 Å². The average Bonchev–Trinajstić information content (AvgIpc) is 2.34. The van der Waals surface area contributed by atoms with Crippen LogP contribution in [0.3, 0.4) is 0 Å². The molecule has 3 heteroatoms. The quantitative estimate of drug-likeness (QED) is 0.841. The summed E-state index contributed by atoms with van der Waals surface area (Å²) in [7, 11) is 2.00. The van der Waals surface area contributed by atoms with Crippen molar-refractivity contribution in [1.29, 1.82) is 0 Å². The fourth-order valence-corrected chi connectivity index (χ4v) is 3.04. The standard InChI is InChI=1S/C14H19ClFN/c1-9-7-13(15)12(8-14(9)16)10-3-5-11(17-2)6-4-10/h7-8,10-11,17H,3-6H2,1-2H3. The number of benzene rings is 1. The first-order valence-electron chi connectivity index (χ1n) is 6.24. The van der Waals surface area contributed by atoms with E-state index >= 15 is 0 Å². The summed E-state index contributed by atoms with van der Waals surface area (Å²) in [6.07, 6.45) is 4.47. The Morgan fingerprint density at radius 2 is 1.88 bits per heavy atom. The van der Waals surface area contributed by atoms with Gasteiger partial charge in [0.1, 0.15) is 5.82 Å². The van der Waals surface area contributed by atoms with Crippen LogP contribution in [0.1, 0.15) is 42.7 Å². The summed E-state index contributed by atoms with van der Waals surface area (Å²) in [6, 6.07) is 3.98. The van der Waals surface area contributed by atoms with Crippen molar-refractivity contribution in [3.05, 3.63) is 34.1 Å². The van der Waals surface area contributed by atoms with Crippen LogP contribution in [0, 0.1) is 12.7 Å². The third kappa shape index (κ3) is 2.80. The summed E-state index contributed by atoms with van der Waals surface area (Å²) in [5.41, 5.74) is 1.62. The van der Waals surface area contributed by atoms with Crippen LogP contribution in [-0.2, 0) is 0 Å². The first kappa shape index (κ1) is 12.8. The van der Waals surface area contributed by atoms with Crippen LogP contribution in [0.2, 0.25) is 5.02 Å². The van der Waals surface area contributed by atoms with Crippen LogP contribution in [-0.4, -0.2) is 13.1 Å². The Bertz CT molecular complexity index is 397. The van der Waals surface area contributed by atoms with Crippen molar-refractivity contribution in [2.24, 2.45) is 0 Å². The second kappa shape index (κ2) is 5.36. The van der Waals surface area contributed by atoms with Gasteiger partial charge in [-0.3, -0.25) is 0 Å². The summed E-state index contributed by atoms with van der Waals surface area (Å²) < 4.78 is 13.6. The van der Waals surface area contributed by atoms with Gasteiger partial charge in [-0.25, -0.2) is 4.39 Å². The molecule has 0 atom stereocenters. The highest BCUT2D eigenvalue weighted by molar-refractivity contribution is 6.31. The Labute approximate surface area is 107 Å². The molecule has 0 aliphatic heterocycles. The highest BCUT2D eigenvalue weighted by Gasteiger charge is 2.23. The van der Waals surface area contributed by atoms with Gasteiger partial charge in [0.05, 0.1) is 0 Å². The average molecular weight is 256 g/mol. The van der Waals surface area contributed by atoms with Crippen LogP contribution in [0.15, 0.2) is 12.1 Å². The minimum atomic E-state index is -0.139. The van der Waals surface area contributed by atoms with Crippen molar-refractivity contribution in [3.8, 4) is 0 Å². The van der Waals surface area contributed by atoms with E-state index in [4.69, 9.17) is 11.6 Å². The summed E-state index contributed by atoms with van der Waals surface area (Å²) >= 11 is 6.22. The first-order chi connectivity index (χ1) is 8.11. The number of hydrogen-bond acceptors (Lipinski definition) is 1. The van der Waals surface area contributed by atoms with E-state index in [0.717, 1.165) is 36.3 Å². The van der Waals surface area contributed by atoms with E-state index in [9.17, 15) is 4.39 Å². The Morgan fingerprint density at radius 1 is 1.24 bits per heavy atom. The highest BCUT2D eigenvalue weighted by atomic mass is 35.5. The van der Waals surface area contributed by atoms with E-state index in [2.05, 4.69) is 5.32 Å². The molecule has 1 nitrogen and oxygen atoms in total. The van der Waals surface area contributed by atoms with Gasteiger partial charge in [0.25, 0.3) is 0 Å². The molecule has 1 fully saturated rings. The van der Waals surface area contributed by atoms with Crippen molar-refractivity contribution in [1.82, 2.24) is 5.32 Å². The van der Waals surface area contributed by atoms with Gasteiger partial charge < -0.3 is 5.32 Å². The topological polar surface area (TPSA) is 12.0 Å². The number of rotatable bonds is 2. The Morgan fingerprint density at radius 3 is 2.47 bits per heavy atom. The van der Waals surface area contributed by atoms with Crippen LogP contribution in [0.4, 0.5) is 4.39 Å². The lowest BCUT2D eigenvalue weighted by Gasteiger charge is -2.29. The molecule has 0 amide bonds. The molecule has 1 aliphatic carbocycles. The number of aryl methyl sites for hydroxylation is 1. The molecule has 0 bridgehead atoms. The molecule has 0 aromatic heterocycles. The molecule has 1 aromatic rings. The Balaban J connectivity index is 2.16. The largest absolute Gasteiger partial charge is 0.317 e. The van der Waals surface area contributed by atoms with Crippen molar-refractivity contribution < 1.29 is 4.39 Å². The van der Waals surface area contributed by atoms with Gasteiger partial charge in [-0.1, -0.05) is 11.6 Å². The third-order valence-corrected chi connectivity index (χ3v) is 4.18. The van der Waals surface area contributed by atoms with Gasteiger partial charge in [-0.15, -0.1) is 0 Å². The molecule has 0 radical (unpaired) electrons. The molecule has 17 heavy (non-hydrogen) atoms. The predicted molar refractivity (Wildman–Crippen MR) is 70.2 cm³/mol. The van der Waals surface area contributed by atoms with E-state index in [0.29, 0.717) is 17.5 Å². The molecule has 0 spiro atoms. The summed E-state index contributed by atoms with van der Waals surface area (Å²) in [5.74, 6) is 0.280. The highest BCUT2D eigenvalue weighted by Crippen LogP contribution is 2.37. The number of nitrogens with one attached hydrogen (secondary N) is 1. The van der Waals surface area contributed by atoms with Gasteiger partial charge in [0.2, 0.25) is 0 Å². The van der Waals surface area contributed by atoms with E-state index in [1.165, 1.54) is 0 Å². The molecular weight excluding hydrogens is 237 g/mol. The fraction of sp³-hybridized carbons (Fsp3) is 0.571. The van der Waals surface area contributed by atoms with Gasteiger partial charge in [-0.05, 0) is 68.8 Å². The van der Waals surface area contributed by atoms with Crippen molar-refractivity contribution in [2.75, 3.05) is 7.05 Å². The zero-order valence-electron chi connectivity index (χ0n) is 10.4. The van der Waals surface area contributed by atoms with E-state index in [1.807, 2.05) is 7.05 Å². The van der Waals surface area contributed by atoms with Crippen molar-refractivity contribution >= 4 is 11.6 Å². The monoisotopic (exact) mass is 255 g/mol. The van der Waals surface area contributed by atoms with Crippen molar-refractivity contribution in [2.45, 2.75) is 44.6 Å². The zero-order valence-corrected chi connectivity index (χ0v) is 11.1. The first-order valence-corrected chi connectivity index (χ1v) is 6.62. The second-order valence-corrected chi connectivity index (χ2v) is 5.37. The molecule has 1 aromatic carbocycles. The lowest BCUT2D eigenvalue weighted by Crippen LogP contribution is -2.29. The van der Waals surface area contributed by atoms with Gasteiger partial charge >= 0.3 is 0 Å². The molecular formula is C14H19ClFN. The van der Waals surface area contributed by atoms with E-state index in [1.54, 1.807) is 19.1 Å². The fourth-order valence-electron chi connectivity index (χ4n) is 2.67. The minimum Gasteiger partial charge on any atom is -0.317 e. The van der Waals surface area contributed by atoms with Gasteiger partial charge in [0, 0.05) is 11.1 Å². The minimum absolute atomic E-state index is 0.139. The molecule has 0 saturated heterocycles. The number of halogens is 2. The molecule has 2 rings (SSSR count). The Hall–Kier alpha value is -0.600. The van der Waals surface area contributed by atoms with Gasteiger partial charge in [0.15, 0.2) is 0 Å². The lowest BCUT2D eigenvalue weighted by molar-refractivity contribution is 0.358. The summed E-state index contributed by atoms with van der Waals surface area (Å²) in [4.78, 5) is 0. The summed E-state index contributed by atoms with van der Waals surface area (Å²) in [6.45, 7) is 1.75. The SMILES string of the molecule is CNC1CCC(c2cc(F)c(C)cc2Cl)CC1. The molecule has 1 saturated carbocycles. The maximum atomic E-state index is 13.6. The summed E-state index contributed by atoms with van der Waals surface area (Å²) in [5, 5.41) is 4.02. The Kier molecular flexibility index (Phi) is 4.05. The molecule has 94 valence electrons. The van der Waals surface area contributed by atoms with E-state index < -0.39 is 0 Å². The van der Waals surface area contributed by atoms with Crippen LogP contribution < -0.4 is 5.32 Å². The molecule has 1 N–H and O–H groups in total. The van der Waals surface area contributed by atoms with Crippen LogP contribution in [0.25, 0.3) is 0 Å². The molecule has 0 heterocycles. The van der Waals surface area contributed by atoms with E-state index in [-0.39, 0.29) is 5.82 Å². The zero-order chi connectivity index (χ0) is 12.4. The predicted octanol–water partition coefficient (Wildman–Crippen LogP) is 4.03.